The first kappa shape index (κ1) is 17.3. The Morgan fingerprint density at radius 2 is 2.00 bits per heavy atom. The fourth-order valence-corrected chi connectivity index (χ4v) is 4.22. The lowest BCUT2D eigenvalue weighted by atomic mass is 9.80. The molecule has 1 aromatic carbocycles. The highest BCUT2D eigenvalue weighted by Gasteiger charge is 2.30. The average Bonchev–Trinajstić information content (AvgIpc) is 2.61. The Morgan fingerprint density at radius 1 is 1.23 bits per heavy atom. The first-order chi connectivity index (χ1) is 12.4. The van der Waals surface area contributed by atoms with E-state index in [2.05, 4.69) is 55.0 Å². The van der Waals surface area contributed by atoms with E-state index in [1.807, 2.05) is 12.3 Å². The lowest BCUT2D eigenvalue weighted by molar-refractivity contribution is 0.122. The van der Waals surface area contributed by atoms with Crippen molar-refractivity contribution in [1.82, 2.24) is 9.97 Å². The summed E-state index contributed by atoms with van der Waals surface area (Å²) >= 11 is 0. The molecule has 1 atom stereocenters. The summed E-state index contributed by atoms with van der Waals surface area (Å²) in [5.74, 6) is 1.33. The molecule has 2 aliphatic rings. The number of hydrogen-bond acceptors (Lipinski definition) is 5. The third-order valence-corrected chi connectivity index (χ3v) is 5.43. The molecule has 2 aromatic rings. The molecule has 1 saturated heterocycles. The van der Waals surface area contributed by atoms with Gasteiger partial charge in [-0.3, -0.25) is 0 Å². The Hall–Kier alpha value is -2.14. The molecule has 138 valence electrons. The van der Waals surface area contributed by atoms with Crippen LogP contribution in [0.1, 0.15) is 44.2 Å². The molecule has 2 aliphatic heterocycles. The second-order valence-corrected chi connectivity index (χ2v) is 8.21. The molecule has 1 unspecified atom stereocenters. The minimum Gasteiger partial charge on any atom is -0.380 e. The number of aryl methyl sites for hydroxylation is 1. The minimum atomic E-state index is 0.138. The number of nitrogens with one attached hydrogen (secondary N) is 1. The van der Waals surface area contributed by atoms with Gasteiger partial charge in [0, 0.05) is 36.1 Å². The highest BCUT2D eigenvalue weighted by Crippen LogP contribution is 2.41. The van der Waals surface area contributed by atoms with Crippen LogP contribution in [0.3, 0.4) is 0 Å². The third-order valence-electron chi connectivity index (χ3n) is 5.43. The van der Waals surface area contributed by atoms with E-state index < -0.39 is 0 Å². The molecule has 0 spiro atoms. The number of benzene rings is 1. The van der Waals surface area contributed by atoms with Gasteiger partial charge in [-0.1, -0.05) is 6.92 Å². The van der Waals surface area contributed by atoms with Gasteiger partial charge in [0.1, 0.15) is 0 Å². The molecule has 1 fully saturated rings. The van der Waals surface area contributed by atoms with Gasteiger partial charge in [-0.15, -0.1) is 0 Å². The standard InChI is InChI=1S/C21H28N4O/c1-14-11-19-17(15(2)13-21(3,4)24-19)12-16(14)18-5-6-22-20(23-18)25-7-9-26-10-8-25/h5-6,11-12,15,24H,7-10,13H2,1-4H3. The van der Waals surface area contributed by atoms with Gasteiger partial charge in [0.25, 0.3) is 0 Å². The molecule has 3 heterocycles. The van der Waals surface area contributed by atoms with Crippen LogP contribution in [0, 0.1) is 6.92 Å². The van der Waals surface area contributed by atoms with Crippen LogP contribution in [-0.2, 0) is 4.74 Å². The van der Waals surface area contributed by atoms with Crippen molar-refractivity contribution in [2.24, 2.45) is 0 Å². The first-order valence-corrected chi connectivity index (χ1v) is 9.52. The fourth-order valence-electron chi connectivity index (χ4n) is 4.22. The highest BCUT2D eigenvalue weighted by atomic mass is 16.5. The van der Waals surface area contributed by atoms with E-state index in [-0.39, 0.29) is 5.54 Å². The Kier molecular flexibility index (Phi) is 4.35. The Morgan fingerprint density at radius 3 is 2.77 bits per heavy atom. The predicted molar refractivity (Wildman–Crippen MR) is 106 cm³/mol. The number of anilines is 2. The summed E-state index contributed by atoms with van der Waals surface area (Å²) in [4.78, 5) is 11.6. The van der Waals surface area contributed by atoms with E-state index >= 15 is 0 Å². The van der Waals surface area contributed by atoms with Crippen LogP contribution >= 0.6 is 0 Å². The molecule has 0 saturated carbocycles. The van der Waals surface area contributed by atoms with Crippen LogP contribution in [-0.4, -0.2) is 41.8 Å². The number of rotatable bonds is 2. The zero-order chi connectivity index (χ0) is 18.3. The summed E-state index contributed by atoms with van der Waals surface area (Å²) in [5, 5.41) is 3.69. The van der Waals surface area contributed by atoms with E-state index in [0.717, 1.165) is 44.4 Å². The molecule has 1 N–H and O–H groups in total. The average molecular weight is 352 g/mol. The molecular formula is C21H28N4O. The van der Waals surface area contributed by atoms with Gasteiger partial charge >= 0.3 is 0 Å². The normalized spacial score (nSPS) is 21.8. The maximum atomic E-state index is 5.44. The molecule has 0 aliphatic carbocycles. The second kappa shape index (κ2) is 6.54. The van der Waals surface area contributed by atoms with E-state index in [4.69, 9.17) is 9.72 Å². The monoisotopic (exact) mass is 352 g/mol. The van der Waals surface area contributed by atoms with Crippen LogP contribution in [0.2, 0.25) is 0 Å². The minimum absolute atomic E-state index is 0.138. The maximum Gasteiger partial charge on any atom is 0.226 e. The van der Waals surface area contributed by atoms with Gasteiger partial charge in [-0.2, -0.15) is 0 Å². The van der Waals surface area contributed by atoms with E-state index in [1.165, 1.54) is 22.4 Å². The van der Waals surface area contributed by atoms with Crippen molar-refractivity contribution in [3.05, 3.63) is 35.5 Å². The summed E-state index contributed by atoms with van der Waals surface area (Å²) < 4.78 is 5.44. The van der Waals surface area contributed by atoms with Crippen LogP contribution < -0.4 is 10.2 Å². The molecule has 1 aromatic heterocycles. The highest BCUT2D eigenvalue weighted by molar-refractivity contribution is 5.72. The molecule has 26 heavy (non-hydrogen) atoms. The predicted octanol–water partition coefficient (Wildman–Crippen LogP) is 3.99. The summed E-state index contributed by atoms with van der Waals surface area (Å²) in [6.07, 6.45) is 3.00. The lowest BCUT2D eigenvalue weighted by Gasteiger charge is -2.38. The number of aromatic nitrogens is 2. The van der Waals surface area contributed by atoms with E-state index in [1.54, 1.807) is 0 Å². The SMILES string of the molecule is Cc1cc2c(cc1-c1ccnc(N3CCOCC3)n1)C(C)CC(C)(C)N2. The number of ether oxygens (including phenoxy) is 1. The van der Waals surface area contributed by atoms with Crippen LogP contribution in [0.4, 0.5) is 11.6 Å². The summed E-state index contributed by atoms with van der Waals surface area (Å²) in [6.45, 7) is 12.2. The van der Waals surface area contributed by atoms with Crippen molar-refractivity contribution >= 4 is 11.6 Å². The third kappa shape index (κ3) is 3.28. The first-order valence-electron chi connectivity index (χ1n) is 9.52. The Balaban J connectivity index is 1.71. The lowest BCUT2D eigenvalue weighted by Crippen LogP contribution is -2.37. The van der Waals surface area contributed by atoms with Crippen molar-refractivity contribution in [3.8, 4) is 11.3 Å². The number of nitrogens with zero attached hydrogens (tertiary/aromatic N) is 3. The Labute approximate surface area is 155 Å². The zero-order valence-electron chi connectivity index (χ0n) is 16.2. The molecule has 0 bridgehead atoms. The van der Waals surface area contributed by atoms with E-state index in [0.29, 0.717) is 5.92 Å². The quantitative estimate of drug-likeness (QED) is 0.886. The van der Waals surface area contributed by atoms with Gasteiger partial charge < -0.3 is 15.0 Å². The van der Waals surface area contributed by atoms with Crippen LogP contribution in [0.25, 0.3) is 11.3 Å². The second-order valence-electron chi connectivity index (χ2n) is 8.21. The summed E-state index contributed by atoms with van der Waals surface area (Å²) in [6, 6.07) is 6.62. The smallest absolute Gasteiger partial charge is 0.226 e. The molecule has 5 heteroatoms. The van der Waals surface area contributed by atoms with Gasteiger partial charge in [-0.05, 0) is 62.4 Å². The molecular weight excluding hydrogens is 324 g/mol. The van der Waals surface area contributed by atoms with Gasteiger partial charge in [0.05, 0.1) is 18.9 Å². The number of fused-ring (bicyclic) bond motifs is 1. The van der Waals surface area contributed by atoms with Crippen molar-refractivity contribution in [1.29, 1.82) is 0 Å². The maximum absolute atomic E-state index is 5.44. The molecule has 5 nitrogen and oxygen atoms in total. The fraction of sp³-hybridized carbons (Fsp3) is 0.524. The van der Waals surface area contributed by atoms with Crippen LogP contribution in [0.5, 0.6) is 0 Å². The van der Waals surface area contributed by atoms with Crippen molar-refractivity contribution in [3.63, 3.8) is 0 Å². The van der Waals surface area contributed by atoms with Crippen molar-refractivity contribution in [2.75, 3.05) is 36.5 Å². The number of morpholine rings is 1. The van der Waals surface area contributed by atoms with E-state index in [9.17, 15) is 0 Å². The zero-order valence-corrected chi connectivity index (χ0v) is 16.2. The van der Waals surface area contributed by atoms with Crippen LogP contribution in [0.15, 0.2) is 24.4 Å². The van der Waals surface area contributed by atoms with Crippen molar-refractivity contribution < 1.29 is 4.74 Å². The number of hydrogen-bond donors (Lipinski definition) is 1. The topological polar surface area (TPSA) is 50.3 Å². The summed E-state index contributed by atoms with van der Waals surface area (Å²) in [7, 11) is 0. The van der Waals surface area contributed by atoms with Gasteiger partial charge in [-0.25, -0.2) is 9.97 Å². The van der Waals surface area contributed by atoms with Crippen molar-refractivity contribution in [2.45, 2.75) is 45.6 Å². The molecule has 4 rings (SSSR count). The molecule has 0 amide bonds. The van der Waals surface area contributed by atoms with Gasteiger partial charge in [0.2, 0.25) is 5.95 Å². The Bertz CT molecular complexity index is 812. The van der Waals surface area contributed by atoms with Gasteiger partial charge in [0.15, 0.2) is 0 Å². The molecule has 0 radical (unpaired) electrons. The summed E-state index contributed by atoms with van der Waals surface area (Å²) in [5.41, 5.74) is 6.23. The largest absolute Gasteiger partial charge is 0.380 e.